The third-order valence-corrected chi connectivity index (χ3v) is 1.90. The molecular formula is C8H18ClN3O. The van der Waals surface area contributed by atoms with Crippen molar-refractivity contribution in [1.82, 2.24) is 14.6 Å². The van der Waals surface area contributed by atoms with Gasteiger partial charge in [0.2, 0.25) is 0 Å². The number of rotatable bonds is 6. The van der Waals surface area contributed by atoms with E-state index in [1.54, 1.807) is 0 Å². The van der Waals surface area contributed by atoms with E-state index >= 15 is 0 Å². The molecule has 0 spiro atoms. The number of likely N-dealkylation sites (N-methyl/N-ethyl adjacent to an activating group) is 2. The maximum atomic E-state index is 11.2. The zero-order valence-corrected chi connectivity index (χ0v) is 9.26. The first-order chi connectivity index (χ1) is 6.07. The minimum absolute atomic E-state index is 0.0784. The predicted octanol–water partition coefficient (Wildman–Crippen LogP) is 0.140. The predicted molar refractivity (Wildman–Crippen MR) is 54.7 cm³/mol. The number of nitrogens with one attached hydrogen (secondary N) is 1. The summed E-state index contributed by atoms with van der Waals surface area (Å²) in [6.45, 7) is 4.38. The summed E-state index contributed by atoms with van der Waals surface area (Å²) in [5.74, 6) is -0.0784. The maximum absolute atomic E-state index is 11.2. The number of carbonyl (C=O) groups is 1. The van der Waals surface area contributed by atoms with Gasteiger partial charge in [-0.3, -0.25) is 9.21 Å². The molecule has 0 aliphatic carbocycles. The molecule has 4 nitrogen and oxygen atoms in total. The summed E-state index contributed by atoms with van der Waals surface area (Å²) in [5, 5.41) is 2.93. The smallest absolute Gasteiger partial charge is 0.250 e. The summed E-state index contributed by atoms with van der Waals surface area (Å²) in [6, 6.07) is 0. The van der Waals surface area contributed by atoms with Gasteiger partial charge in [0.05, 0.1) is 13.1 Å². The van der Waals surface area contributed by atoms with Crippen molar-refractivity contribution < 1.29 is 4.79 Å². The Morgan fingerprint density at radius 1 is 1.38 bits per heavy atom. The zero-order valence-electron chi connectivity index (χ0n) is 8.51. The van der Waals surface area contributed by atoms with Crippen LogP contribution in [-0.2, 0) is 4.79 Å². The normalized spacial score (nSPS) is 10.5. The molecule has 0 saturated heterocycles. The van der Waals surface area contributed by atoms with E-state index in [9.17, 15) is 4.79 Å². The minimum atomic E-state index is -0.0784. The maximum Gasteiger partial charge on any atom is 0.250 e. The van der Waals surface area contributed by atoms with Crippen molar-refractivity contribution in [3.05, 3.63) is 0 Å². The molecule has 13 heavy (non-hydrogen) atoms. The second kappa shape index (κ2) is 7.12. The average molecular weight is 208 g/mol. The molecule has 0 saturated carbocycles. The lowest BCUT2D eigenvalue weighted by atomic mass is 10.5. The highest BCUT2D eigenvalue weighted by Crippen LogP contribution is 1.94. The van der Waals surface area contributed by atoms with Crippen LogP contribution < -0.4 is 5.32 Å². The van der Waals surface area contributed by atoms with Crippen LogP contribution in [0.2, 0.25) is 0 Å². The van der Waals surface area contributed by atoms with E-state index in [1.165, 1.54) is 4.42 Å². The van der Waals surface area contributed by atoms with Gasteiger partial charge in [-0.25, -0.2) is 0 Å². The molecule has 0 aromatic heterocycles. The summed E-state index contributed by atoms with van der Waals surface area (Å²) in [7, 11) is 3.89. The molecule has 0 bridgehead atoms. The summed E-state index contributed by atoms with van der Waals surface area (Å²) >= 11 is 5.73. The van der Waals surface area contributed by atoms with E-state index in [2.05, 4.69) is 5.32 Å². The summed E-state index contributed by atoms with van der Waals surface area (Å²) in [6.07, 6.45) is 0. The summed E-state index contributed by atoms with van der Waals surface area (Å²) in [5.41, 5.74) is 0. The summed E-state index contributed by atoms with van der Waals surface area (Å²) in [4.78, 5) is 13.2. The fraction of sp³-hybridized carbons (Fsp3) is 0.875. The van der Waals surface area contributed by atoms with Crippen LogP contribution in [0.3, 0.4) is 0 Å². The van der Waals surface area contributed by atoms with Gasteiger partial charge < -0.3 is 10.2 Å². The van der Waals surface area contributed by atoms with Crippen LogP contribution in [0.1, 0.15) is 6.92 Å². The van der Waals surface area contributed by atoms with E-state index in [-0.39, 0.29) is 5.91 Å². The number of nitrogens with zero attached hydrogens (tertiary/aromatic N) is 2. The van der Waals surface area contributed by atoms with Crippen molar-refractivity contribution in [1.29, 1.82) is 0 Å². The van der Waals surface area contributed by atoms with Crippen LogP contribution in [0.25, 0.3) is 0 Å². The Labute approximate surface area is 84.9 Å². The van der Waals surface area contributed by atoms with Crippen molar-refractivity contribution in [3.8, 4) is 0 Å². The van der Waals surface area contributed by atoms with Crippen molar-refractivity contribution in [2.75, 3.05) is 40.3 Å². The fourth-order valence-corrected chi connectivity index (χ4v) is 0.866. The van der Waals surface area contributed by atoms with Gasteiger partial charge in [-0.2, -0.15) is 0 Å². The monoisotopic (exact) mass is 207 g/mol. The first-order valence-corrected chi connectivity index (χ1v) is 4.73. The molecule has 1 N–H and O–H groups in total. The van der Waals surface area contributed by atoms with Gasteiger partial charge in [-0.15, -0.1) is 0 Å². The van der Waals surface area contributed by atoms with E-state index < -0.39 is 0 Å². The van der Waals surface area contributed by atoms with Crippen LogP contribution in [0.5, 0.6) is 0 Å². The Morgan fingerprint density at radius 3 is 2.46 bits per heavy atom. The molecule has 78 valence electrons. The highest BCUT2D eigenvalue weighted by molar-refractivity contribution is 6.21. The largest absolute Gasteiger partial charge is 0.309 e. The van der Waals surface area contributed by atoms with Crippen LogP contribution in [0, 0.1) is 0 Å². The lowest BCUT2D eigenvalue weighted by molar-refractivity contribution is -0.125. The van der Waals surface area contributed by atoms with Crippen LogP contribution in [-0.4, -0.2) is 55.5 Å². The topological polar surface area (TPSA) is 35.6 Å². The number of amides is 1. The molecule has 0 atom stereocenters. The molecule has 0 aromatic rings. The highest BCUT2D eigenvalue weighted by Gasteiger charge is 2.09. The molecule has 0 aliphatic rings. The third kappa shape index (κ3) is 6.81. The average Bonchev–Trinajstić information content (AvgIpc) is 2.10. The van der Waals surface area contributed by atoms with Gasteiger partial charge in [-0.05, 0) is 20.6 Å². The van der Waals surface area contributed by atoms with Gasteiger partial charge in [-0.1, -0.05) is 6.92 Å². The second-order valence-electron chi connectivity index (χ2n) is 3.06. The third-order valence-electron chi connectivity index (χ3n) is 1.54. The van der Waals surface area contributed by atoms with Crippen molar-refractivity contribution >= 4 is 17.7 Å². The van der Waals surface area contributed by atoms with Crippen LogP contribution >= 0.6 is 11.8 Å². The summed E-state index contributed by atoms with van der Waals surface area (Å²) < 4.78 is 1.22. The van der Waals surface area contributed by atoms with E-state index in [0.29, 0.717) is 13.1 Å². The number of halogens is 1. The Morgan fingerprint density at radius 2 is 2.00 bits per heavy atom. The molecule has 5 heteroatoms. The Bertz CT molecular complexity index is 152. The zero-order chi connectivity index (χ0) is 10.3. The van der Waals surface area contributed by atoms with Gasteiger partial charge in [0.15, 0.2) is 0 Å². The van der Waals surface area contributed by atoms with Crippen LogP contribution in [0.4, 0.5) is 0 Å². The molecule has 0 aromatic carbocycles. The quantitative estimate of drug-likeness (QED) is 0.630. The SMILES string of the molecule is CCNCC(=O)N(Cl)CCN(C)C. The first-order valence-electron chi connectivity index (χ1n) is 4.39. The standard InChI is InChI=1S/C8H18ClN3O/c1-4-10-7-8(13)12(9)6-5-11(2)3/h10H,4-7H2,1-3H3. The molecule has 0 radical (unpaired) electrons. The Balaban J connectivity index is 3.57. The molecule has 0 fully saturated rings. The molecule has 0 rings (SSSR count). The van der Waals surface area contributed by atoms with Crippen molar-refractivity contribution in [2.24, 2.45) is 0 Å². The van der Waals surface area contributed by atoms with E-state index in [1.807, 2.05) is 25.9 Å². The number of hydrogen-bond donors (Lipinski definition) is 1. The highest BCUT2D eigenvalue weighted by atomic mass is 35.5. The Kier molecular flexibility index (Phi) is 6.94. The molecule has 0 heterocycles. The van der Waals surface area contributed by atoms with Gasteiger partial charge in [0, 0.05) is 18.3 Å². The first kappa shape index (κ1) is 12.7. The number of hydrogen-bond acceptors (Lipinski definition) is 3. The van der Waals surface area contributed by atoms with Crippen LogP contribution in [0.15, 0.2) is 0 Å². The molecule has 0 unspecified atom stereocenters. The van der Waals surface area contributed by atoms with Gasteiger partial charge >= 0.3 is 0 Å². The number of carbonyl (C=O) groups excluding carboxylic acids is 1. The van der Waals surface area contributed by atoms with E-state index in [0.717, 1.165) is 13.1 Å². The van der Waals surface area contributed by atoms with Gasteiger partial charge in [0.1, 0.15) is 0 Å². The van der Waals surface area contributed by atoms with Gasteiger partial charge in [0.25, 0.3) is 5.91 Å². The lowest BCUT2D eigenvalue weighted by Gasteiger charge is -2.16. The lowest BCUT2D eigenvalue weighted by Crippen LogP contribution is -2.35. The van der Waals surface area contributed by atoms with Crippen molar-refractivity contribution in [3.63, 3.8) is 0 Å². The molecule has 0 aliphatic heterocycles. The minimum Gasteiger partial charge on any atom is -0.309 e. The fourth-order valence-electron chi connectivity index (χ4n) is 0.730. The molecule has 1 amide bonds. The Hall–Kier alpha value is -0.320. The molecular weight excluding hydrogens is 190 g/mol. The second-order valence-corrected chi connectivity index (χ2v) is 3.47. The van der Waals surface area contributed by atoms with Crippen molar-refractivity contribution in [2.45, 2.75) is 6.92 Å². The van der Waals surface area contributed by atoms with E-state index in [4.69, 9.17) is 11.8 Å².